The quantitative estimate of drug-likeness (QED) is 0.669. The summed E-state index contributed by atoms with van der Waals surface area (Å²) in [5.74, 6) is 2.50. The molecule has 1 aliphatic carbocycles. The Morgan fingerprint density at radius 2 is 1.77 bits per heavy atom. The van der Waals surface area contributed by atoms with Gasteiger partial charge in [0.05, 0.1) is 26.8 Å². The maximum atomic E-state index is 5.62. The van der Waals surface area contributed by atoms with E-state index < -0.39 is 0 Å². The molecule has 1 saturated carbocycles. The third kappa shape index (κ3) is 4.30. The molecule has 164 valence electrons. The molecule has 2 heterocycles. The first kappa shape index (κ1) is 21.1. The van der Waals surface area contributed by atoms with Gasteiger partial charge < -0.3 is 19.3 Å². The molecular formula is C22H36N6O2+2. The topological polar surface area (TPSA) is 70.9 Å². The van der Waals surface area contributed by atoms with E-state index in [9.17, 15) is 0 Å². The van der Waals surface area contributed by atoms with E-state index in [4.69, 9.17) is 9.47 Å². The van der Waals surface area contributed by atoms with Crippen LogP contribution < -0.4 is 19.3 Å². The lowest BCUT2D eigenvalue weighted by molar-refractivity contribution is -1.02. The van der Waals surface area contributed by atoms with Crippen molar-refractivity contribution in [3.8, 4) is 11.5 Å². The van der Waals surface area contributed by atoms with Crippen LogP contribution in [-0.4, -0.2) is 67.2 Å². The first-order valence-corrected chi connectivity index (χ1v) is 11.4. The van der Waals surface area contributed by atoms with Crippen molar-refractivity contribution in [2.24, 2.45) is 0 Å². The molecule has 0 radical (unpaired) electrons. The maximum Gasteiger partial charge on any atom is 0.214 e. The lowest BCUT2D eigenvalue weighted by Crippen LogP contribution is -3.28. The van der Waals surface area contributed by atoms with Crippen molar-refractivity contribution in [2.75, 3.05) is 46.9 Å². The summed E-state index contributed by atoms with van der Waals surface area (Å²) in [4.78, 5) is 3.21. The van der Waals surface area contributed by atoms with Gasteiger partial charge in [-0.05, 0) is 48.4 Å². The van der Waals surface area contributed by atoms with Crippen molar-refractivity contribution in [1.82, 2.24) is 20.2 Å². The summed E-state index contributed by atoms with van der Waals surface area (Å²) in [7, 11) is 3.37. The number of nitrogens with one attached hydrogen (secondary N) is 2. The Morgan fingerprint density at radius 1 is 1.03 bits per heavy atom. The number of aromatic nitrogens is 4. The molecule has 1 saturated heterocycles. The van der Waals surface area contributed by atoms with Crippen LogP contribution in [0.15, 0.2) is 18.2 Å². The van der Waals surface area contributed by atoms with E-state index in [1.165, 1.54) is 62.2 Å². The molecule has 1 aromatic carbocycles. The standard InChI is InChI=1S/C22H34N6O2/c1-4-26-12-14-27(15-13-26)21(17-10-11-19(29-2)20(16-17)30-3)22-23-24-25-28(22)18-8-6-5-7-9-18/h10-11,16,18,21H,4-9,12-15H2,1-3H3/p+2/t21-/m0/s1. The first-order valence-electron chi connectivity index (χ1n) is 11.4. The van der Waals surface area contributed by atoms with Gasteiger partial charge in [0.25, 0.3) is 0 Å². The highest BCUT2D eigenvalue weighted by molar-refractivity contribution is 5.44. The molecule has 8 heteroatoms. The molecule has 0 unspecified atom stereocenters. The summed E-state index contributed by atoms with van der Waals surface area (Å²) in [6, 6.07) is 6.77. The van der Waals surface area contributed by atoms with Gasteiger partial charge in [-0.1, -0.05) is 19.3 Å². The van der Waals surface area contributed by atoms with Crippen molar-refractivity contribution in [2.45, 2.75) is 51.1 Å². The number of tetrazole rings is 1. The van der Waals surface area contributed by atoms with Crippen LogP contribution in [0.3, 0.4) is 0 Å². The predicted molar refractivity (Wildman–Crippen MR) is 113 cm³/mol. The number of ether oxygens (including phenoxy) is 2. The van der Waals surface area contributed by atoms with Crippen molar-refractivity contribution in [3.05, 3.63) is 29.6 Å². The van der Waals surface area contributed by atoms with Crippen LogP contribution in [-0.2, 0) is 0 Å². The number of benzene rings is 1. The number of hydrogen-bond acceptors (Lipinski definition) is 5. The predicted octanol–water partition coefficient (Wildman–Crippen LogP) is 0.0882. The van der Waals surface area contributed by atoms with Gasteiger partial charge >= 0.3 is 0 Å². The molecular weight excluding hydrogens is 380 g/mol. The second kappa shape index (κ2) is 9.75. The van der Waals surface area contributed by atoms with Crippen LogP contribution in [0.25, 0.3) is 0 Å². The summed E-state index contributed by atoms with van der Waals surface area (Å²) >= 11 is 0. The Morgan fingerprint density at radius 3 is 2.43 bits per heavy atom. The molecule has 0 spiro atoms. The fourth-order valence-corrected chi connectivity index (χ4v) is 5.14. The number of hydrogen-bond donors (Lipinski definition) is 2. The third-order valence-electron chi connectivity index (χ3n) is 6.95. The van der Waals surface area contributed by atoms with Crippen molar-refractivity contribution >= 4 is 0 Å². The Kier molecular flexibility index (Phi) is 6.84. The number of nitrogens with zero attached hydrogens (tertiary/aromatic N) is 4. The molecule has 1 atom stereocenters. The normalized spacial score (nSPS) is 23.8. The smallest absolute Gasteiger partial charge is 0.214 e. The van der Waals surface area contributed by atoms with Gasteiger partial charge in [-0.25, -0.2) is 4.68 Å². The molecule has 2 N–H and O–H groups in total. The summed E-state index contributed by atoms with van der Waals surface area (Å²) < 4.78 is 13.2. The first-order chi connectivity index (χ1) is 14.7. The van der Waals surface area contributed by atoms with Gasteiger partial charge in [-0.2, -0.15) is 0 Å². The molecule has 30 heavy (non-hydrogen) atoms. The van der Waals surface area contributed by atoms with Crippen molar-refractivity contribution < 1.29 is 19.3 Å². The molecule has 2 aromatic rings. The Balaban J connectivity index is 1.71. The lowest BCUT2D eigenvalue weighted by atomic mass is 9.95. The molecule has 1 aliphatic heterocycles. The minimum atomic E-state index is 0.0974. The highest BCUT2D eigenvalue weighted by atomic mass is 16.5. The minimum absolute atomic E-state index is 0.0974. The van der Waals surface area contributed by atoms with Crippen LogP contribution in [0.4, 0.5) is 0 Å². The van der Waals surface area contributed by atoms with Gasteiger partial charge in [-0.15, -0.1) is 5.10 Å². The minimum Gasteiger partial charge on any atom is -0.493 e. The van der Waals surface area contributed by atoms with Crippen LogP contribution in [0, 0.1) is 0 Å². The van der Waals surface area contributed by atoms with E-state index in [0.717, 1.165) is 30.4 Å². The second-order valence-electron chi connectivity index (χ2n) is 8.58. The maximum absolute atomic E-state index is 5.62. The Bertz CT molecular complexity index is 812. The second-order valence-corrected chi connectivity index (χ2v) is 8.58. The van der Waals surface area contributed by atoms with E-state index in [-0.39, 0.29) is 6.04 Å². The summed E-state index contributed by atoms with van der Waals surface area (Å²) in [5.41, 5.74) is 1.19. The summed E-state index contributed by atoms with van der Waals surface area (Å²) in [5, 5.41) is 13.2. The van der Waals surface area contributed by atoms with Gasteiger partial charge in [0, 0.05) is 5.56 Å². The SMILES string of the molecule is CC[NH+]1CC[NH+]([C@@H](c2ccc(OC)c(OC)c2)c2nnnn2C2CCCCC2)CC1. The largest absolute Gasteiger partial charge is 0.493 e. The van der Waals surface area contributed by atoms with Gasteiger partial charge in [0.15, 0.2) is 17.5 Å². The number of quaternary nitrogens is 2. The van der Waals surface area contributed by atoms with Crippen LogP contribution >= 0.6 is 0 Å². The number of methoxy groups -OCH3 is 2. The van der Waals surface area contributed by atoms with E-state index in [1.54, 1.807) is 19.1 Å². The lowest BCUT2D eigenvalue weighted by Gasteiger charge is -2.34. The van der Waals surface area contributed by atoms with Crippen LogP contribution in [0.1, 0.15) is 62.5 Å². The molecule has 2 fully saturated rings. The molecule has 4 rings (SSSR count). The zero-order chi connectivity index (χ0) is 20.9. The molecule has 8 nitrogen and oxygen atoms in total. The van der Waals surface area contributed by atoms with Crippen LogP contribution in [0.5, 0.6) is 11.5 Å². The van der Waals surface area contributed by atoms with Crippen molar-refractivity contribution in [3.63, 3.8) is 0 Å². The van der Waals surface area contributed by atoms with Gasteiger partial charge in [0.1, 0.15) is 26.2 Å². The Hall–Kier alpha value is -2.19. The van der Waals surface area contributed by atoms with Gasteiger partial charge in [-0.3, -0.25) is 0 Å². The molecule has 2 aliphatic rings. The third-order valence-corrected chi connectivity index (χ3v) is 6.95. The zero-order valence-electron chi connectivity index (χ0n) is 18.6. The van der Waals surface area contributed by atoms with E-state index in [2.05, 4.69) is 39.3 Å². The summed E-state index contributed by atoms with van der Waals surface area (Å²) in [6.07, 6.45) is 6.17. The fraction of sp³-hybridized carbons (Fsp3) is 0.682. The van der Waals surface area contributed by atoms with Crippen LogP contribution in [0.2, 0.25) is 0 Å². The molecule has 0 amide bonds. The average Bonchev–Trinajstić information content (AvgIpc) is 3.29. The van der Waals surface area contributed by atoms with Crippen molar-refractivity contribution in [1.29, 1.82) is 0 Å². The summed E-state index contributed by atoms with van der Waals surface area (Å²) in [6.45, 7) is 8.05. The highest BCUT2D eigenvalue weighted by Crippen LogP contribution is 2.33. The van der Waals surface area contributed by atoms with E-state index in [1.807, 2.05) is 6.07 Å². The number of rotatable bonds is 7. The molecule has 0 bridgehead atoms. The zero-order valence-corrected chi connectivity index (χ0v) is 18.6. The number of likely N-dealkylation sites (N-methyl/N-ethyl adjacent to an activating group) is 1. The Labute approximate surface area is 179 Å². The monoisotopic (exact) mass is 416 g/mol. The van der Waals surface area contributed by atoms with E-state index in [0.29, 0.717) is 6.04 Å². The van der Waals surface area contributed by atoms with E-state index >= 15 is 0 Å². The molecule has 1 aromatic heterocycles. The number of piperazine rings is 1. The highest BCUT2D eigenvalue weighted by Gasteiger charge is 2.37. The van der Waals surface area contributed by atoms with Gasteiger partial charge in [0.2, 0.25) is 5.82 Å². The fourth-order valence-electron chi connectivity index (χ4n) is 5.14. The average molecular weight is 417 g/mol.